The van der Waals surface area contributed by atoms with Gasteiger partial charge in [-0.15, -0.1) is 0 Å². The number of benzene rings is 2. The summed E-state index contributed by atoms with van der Waals surface area (Å²) in [6.45, 7) is 1.86. The van der Waals surface area contributed by atoms with Gasteiger partial charge in [0.25, 0.3) is 0 Å². The molecule has 0 fully saturated rings. The highest BCUT2D eigenvalue weighted by atomic mass is 32.2. The normalized spacial score (nSPS) is 11.2. The maximum absolute atomic E-state index is 12.5. The minimum atomic E-state index is -3.59. The minimum absolute atomic E-state index is 0.0513. The number of carboxylic acid groups (broad SMARTS) is 1. The second-order valence-corrected chi connectivity index (χ2v) is 7.01. The molecule has 116 valence electrons. The lowest BCUT2D eigenvalue weighted by Gasteiger charge is -2.20. The standard InChI is InChI=1S/C16H17NO4S/c1-12-6-3-4-7-14(12)11-22(20,21)17(2)15-9-5-8-13(10-15)16(18)19/h3-10H,11H2,1-2H3,(H,18,19). The third-order valence-corrected chi connectivity index (χ3v) is 5.19. The molecule has 0 unspecified atom stereocenters. The molecule has 5 nitrogen and oxygen atoms in total. The van der Waals surface area contributed by atoms with Crippen LogP contribution in [0.1, 0.15) is 21.5 Å². The van der Waals surface area contributed by atoms with Crippen LogP contribution in [0.2, 0.25) is 0 Å². The molecule has 2 rings (SSSR count). The topological polar surface area (TPSA) is 74.7 Å². The van der Waals surface area contributed by atoms with E-state index in [9.17, 15) is 13.2 Å². The molecule has 0 aliphatic carbocycles. The molecule has 2 aromatic carbocycles. The fourth-order valence-electron chi connectivity index (χ4n) is 2.06. The molecule has 0 aliphatic heterocycles. The van der Waals surface area contributed by atoms with Crippen molar-refractivity contribution in [3.63, 3.8) is 0 Å². The zero-order chi connectivity index (χ0) is 16.3. The lowest BCUT2D eigenvalue weighted by Crippen LogP contribution is -2.28. The van der Waals surface area contributed by atoms with Gasteiger partial charge in [0.1, 0.15) is 0 Å². The van der Waals surface area contributed by atoms with E-state index in [1.54, 1.807) is 18.2 Å². The molecule has 0 amide bonds. The summed E-state index contributed by atoms with van der Waals surface area (Å²) in [7, 11) is -2.17. The van der Waals surface area contributed by atoms with Crippen molar-refractivity contribution in [2.45, 2.75) is 12.7 Å². The number of carbonyl (C=O) groups is 1. The fourth-order valence-corrected chi connectivity index (χ4v) is 3.41. The van der Waals surface area contributed by atoms with E-state index in [2.05, 4.69) is 0 Å². The number of sulfonamides is 1. The van der Waals surface area contributed by atoms with Gasteiger partial charge in [-0.25, -0.2) is 13.2 Å². The minimum Gasteiger partial charge on any atom is -0.478 e. The largest absolute Gasteiger partial charge is 0.478 e. The highest BCUT2D eigenvalue weighted by Gasteiger charge is 2.20. The van der Waals surface area contributed by atoms with Gasteiger partial charge >= 0.3 is 5.97 Å². The molecule has 0 aliphatic rings. The van der Waals surface area contributed by atoms with Gasteiger partial charge in [-0.2, -0.15) is 0 Å². The van der Waals surface area contributed by atoms with Gasteiger partial charge in [0.2, 0.25) is 10.0 Å². The molecule has 22 heavy (non-hydrogen) atoms. The van der Waals surface area contributed by atoms with Gasteiger partial charge in [0.15, 0.2) is 0 Å². The second-order valence-electron chi connectivity index (χ2n) is 5.01. The van der Waals surface area contributed by atoms with Crippen molar-refractivity contribution >= 4 is 21.7 Å². The Kier molecular flexibility index (Phi) is 4.51. The summed E-state index contributed by atoms with van der Waals surface area (Å²) in [6, 6.07) is 13.1. The highest BCUT2D eigenvalue weighted by Crippen LogP contribution is 2.21. The third kappa shape index (κ3) is 3.46. The Morgan fingerprint density at radius 2 is 1.82 bits per heavy atom. The first-order valence-electron chi connectivity index (χ1n) is 6.66. The Bertz CT molecular complexity index is 799. The van der Waals surface area contributed by atoms with Crippen molar-refractivity contribution in [3.05, 3.63) is 65.2 Å². The molecular formula is C16H17NO4S. The van der Waals surface area contributed by atoms with Gasteiger partial charge in [-0.1, -0.05) is 30.3 Å². The van der Waals surface area contributed by atoms with E-state index in [4.69, 9.17) is 5.11 Å². The first kappa shape index (κ1) is 16.0. The summed E-state index contributed by atoms with van der Waals surface area (Å²) in [6.07, 6.45) is 0. The summed E-state index contributed by atoms with van der Waals surface area (Å²) in [5.41, 5.74) is 2.01. The zero-order valence-electron chi connectivity index (χ0n) is 12.4. The molecule has 0 heterocycles. The molecular weight excluding hydrogens is 302 g/mol. The van der Waals surface area contributed by atoms with Crippen LogP contribution in [0.25, 0.3) is 0 Å². The molecule has 0 bridgehead atoms. The van der Waals surface area contributed by atoms with Crippen molar-refractivity contribution < 1.29 is 18.3 Å². The van der Waals surface area contributed by atoms with Crippen LogP contribution in [0.5, 0.6) is 0 Å². The number of nitrogens with zero attached hydrogens (tertiary/aromatic N) is 1. The van der Waals surface area contributed by atoms with Gasteiger partial charge < -0.3 is 5.11 Å². The number of hydrogen-bond acceptors (Lipinski definition) is 3. The molecule has 2 aromatic rings. The van der Waals surface area contributed by atoms with Gasteiger partial charge in [-0.05, 0) is 36.2 Å². The van der Waals surface area contributed by atoms with Crippen LogP contribution in [0.15, 0.2) is 48.5 Å². The summed E-state index contributed by atoms with van der Waals surface area (Å²) in [5, 5.41) is 9.00. The van der Waals surface area contributed by atoms with Crippen molar-refractivity contribution in [1.82, 2.24) is 0 Å². The number of aromatic carboxylic acids is 1. The predicted octanol–water partition coefficient (Wildman–Crippen LogP) is 2.66. The molecule has 0 aromatic heterocycles. The van der Waals surface area contributed by atoms with E-state index in [-0.39, 0.29) is 11.3 Å². The predicted molar refractivity (Wildman–Crippen MR) is 85.6 cm³/mol. The quantitative estimate of drug-likeness (QED) is 0.919. The average Bonchev–Trinajstić information content (AvgIpc) is 2.48. The summed E-state index contributed by atoms with van der Waals surface area (Å²) in [4.78, 5) is 11.0. The Morgan fingerprint density at radius 1 is 1.14 bits per heavy atom. The average molecular weight is 319 g/mol. The molecule has 1 N–H and O–H groups in total. The Hall–Kier alpha value is -2.34. The van der Waals surface area contributed by atoms with Crippen LogP contribution in [-0.4, -0.2) is 26.5 Å². The van der Waals surface area contributed by atoms with Crippen LogP contribution in [0.4, 0.5) is 5.69 Å². The molecule has 0 spiro atoms. The Morgan fingerprint density at radius 3 is 2.45 bits per heavy atom. The van der Waals surface area contributed by atoms with Gasteiger partial charge in [-0.3, -0.25) is 4.31 Å². The van der Waals surface area contributed by atoms with Crippen LogP contribution in [0.3, 0.4) is 0 Å². The Labute approximate surface area is 129 Å². The lowest BCUT2D eigenvalue weighted by atomic mass is 10.1. The highest BCUT2D eigenvalue weighted by molar-refractivity contribution is 7.92. The van der Waals surface area contributed by atoms with Crippen LogP contribution in [-0.2, 0) is 15.8 Å². The summed E-state index contributed by atoms with van der Waals surface area (Å²) >= 11 is 0. The molecule has 0 saturated heterocycles. The molecule has 0 saturated carbocycles. The van der Waals surface area contributed by atoms with E-state index in [1.807, 2.05) is 19.1 Å². The monoisotopic (exact) mass is 319 g/mol. The van der Waals surface area contributed by atoms with E-state index < -0.39 is 16.0 Å². The number of rotatable bonds is 5. The van der Waals surface area contributed by atoms with E-state index in [1.165, 1.54) is 25.2 Å². The first-order chi connectivity index (χ1) is 10.3. The van der Waals surface area contributed by atoms with Crippen molar-refractivity contribution in [1.29, 1.82) is 0 Å². The first-order valence-corrected chi connectivity index (χ1v) is 8.26. The summed E-state index contributed by atoms with van der Waals surface area (Å²) < 4.78 is 26.1. The third-order valence-electron chi connectivity index (χ3n) is 3.47. The van der Waals surface area contributed by atoms with E-state index in [0.29, 0.717) is 5.69 Å². The lowest BCUT2D eigenvalue weighted by molar-refractivity contribution is 0.0697. The van der Waals surface area contributed by atoms with Gasteiger partial charge in [0.05, 0.1) is 17.0 Å². The van der Waals surface area contributed by atoms with Crippen LogP contribution in [0, 0.1) is 6.92 Å². The second kappa shape index (κ2) is 6.19. The number of aryl methyl sites for hydroxylation is 1. The fraction of sp³-hybridized carbons (Fsp3) is 0.188. The van der Waals surface area contributed by atoms with E-state index in [0.717, 1.165) is 15.4 Å². The number of carboxylic acids is 1. The SMILES string of the molecule is Cc1ccccc1CS(=O)(=O)N(C)c1cccc(C(=O)O)c1. The molecule has 0 radical (unpaired) electrons. The number of hydrogen-bond donors (Lipinski definition) is 1. The van der Waals surface area contributed by atoms with Crippen LogP contribution >= 0.6 is 0 Å². The zero-order valence-corrected chi connectivity index (χ0v) is 13.2. The van der Waals surface area contributed by atoms with Crippen molar-refractivity contribution in [3.8, 4) is 0 Å². The summed E-state index contributed by atoms with van der Waals surface area (Å²) in [5.74, 6) is -1.22. The van der Waals surface area contributed by atoms with Gasteiger partial charge in [0, 0.05) is 7.05 Å². The molecule has 6 heteroatoms. The molecule has 0 atom stereocenters. The Balaban J connectivity index is 2.31. The van der Waals surface area contributed by atoms with E-state index >= 15 is 0 Å². The maximum atomic E-state index is 12.5. The number of anilines is 1. The smallest absolute Gasteiger partial charge is 0.335 e. The van der Waals surface area contributed by atoms with Crippen LogP contribution < -0.4 is 4.31 Å². The maximum Gasteiger partial charge on any atom is 0.335 e. The van der Waals surface area contributed by atoms with Crippen molar-refractivity contribution in [2.75, 3.05) is 11.4 Å². The van der Waals surface area contributed by atoms with Crippen molar-refractivity contribution in [2.24, 2.45) is 0 Å².